The third kappa shape index (κ3) is 2.12. The standard InChI is InChI=1S/C10H12N4S/c1-3-14-6-8(5-11-14)9-4-10(15)13-7(2)12-9/h4-6H,3H2,1-2H3,(H,12,13,15). The van der Waals surface area contributed by atoms with Gasteiger partial charge in [-0.05, 0) is 19.9 Å². The lowest BCUT2D eigenvalue weighted by molar-refractivity contribution is 0.660. The van der Waals surface area contributed by atoms with Gasteiger partial charge in [-0.25, -0.2) is 4.98 Å². The predicted octanol–water partition coefficient (Wildman–Crippen LogP) is 2.33. The van der Waals surface area contributed by atoms with Crippen LogP contribution in [0.15, 0.2) is 18.5 Å². The molecule has 0 aliphatic heterocycles. The van der Waals surface area contributed by atoms with Gasteiger partial charge in [0.2, 0.25) is 0 Å². The normalized spacial score (nSPS) is 10.5. The molecule has 0 saturated carbocycles. The highest BCUT2D eigenvalue weighted by Crippen LogP contribution is 2.15. The minimum atomic E-state index is 0.602. The zero-order valence-electron chi connectivity index (χ0n) is 8.69. The topological polar surface area (TPSA) is 46.5 Å². The zero-order valence-corrected chi connectivity index (χ0v) is 9.51. The Morgan fingerprint density at radius 1 is 1.53 bits per heavy atom. The maximum absolute atomic E-state index is 5.06. The van der Waals surface area contributed by atoms with Crippen molar-refractivity contribution in [2.75, 3.05) is 0 Å². The summed E-state index contributed by atoms with van der Waals surface area (Å²) in [5.41, 5.74) is 2.00. The van der Waals surface area contributed by atoms with Crippen LogP contribution in [-0.2, 0) is 6.54 Å². The number of nitrogens with one attached hydrogen (secondary N) is 1. The van der Waals surface area contributed by atoms with E-state index < -0.39 is 0 Å². The highest BCUT2D eigenvalue weighted by Gasteiger charge is 2.02. The number of rotatable bonds is 2. The smallest absolute Gasteiger partial charge is 0.130 e. The van der Waals surface area contributed by atoms with Gasteiger partial charge in [-0.2, -0.15) is 5.10 Å². The van der Waals surface area contributed by atoms with E-state index in [-0.39, 0.29) is 0 Å². The molecule has 0 amide bonds. The molecule has 5 heteroatoms. The van der Waals surface area contributed by atoms with Crippen LogP contribution in [0, 0.1) is 11.6 Å². The molecule has 0 atom stereocenters. The molecule has 0 unspecified atom stereocenters. The fraction of sp³-hybridized carbons (Fsp3) is 0.300. The molecule has 1 N–H and O–H groups in total. The van der Waals surface area contributed by atoms with Crippen molar-refractivity contribution in [1.82, 2.24) is 19.7 Å². The molecule has 78 valence electrons. The molecule has 0 bridgehead atoms. The number of aromatic amines is 1. The highest BCUT2D eigenvalue weighted by molar-refractivity contribution is 7.71. The van der Waals surface area contributed by atoms with Gasteiger partial charge in [0.05, 0.1) is 11.9 Å². The van der Waals surface area contributed by atoms with Crippen molar-refractivity contribution in [2.45, 2.75) is 20.4 Å². The molecule has 2 rings (SSSR count). The summed E-state index contributed by atoms with van der Waals surface area (Å²) >= 11 is 5.06. The second-order valence-corrected chi connectivity index (χ2v) is 3.72. The maximum atomic E-state index is 5.06. The van der Waals surface area contributed by atoms with Crippen LogP contribution in [0.3, 0.4) is 0 Å². The van der Waals surface area contributed by atoms with E-state index in [1.165, 1.54) is 0 Å². The Bertz CT molecular complexity index is 526. The molecule has 0 fully saturated rings. The molecular formula is C10H12N4S. The molecule has 0 spiro atoms. The summed E-state index contributed by atoms with van der Waals surface area (Å²) in [4.78, 5) is 7.29. The van der Waals surface area contributed by atoms with Crippen molar-refractivity contribution in [3.8, 4) is 11.3 Å². The summed E-state index contributed by atoms with van der Waals surface area (Å²) in [6, 6.07) is 1.85. The van der Waals surface area contributed by atoms with Gasteiger partial charge < -0.3 is 4.98 Å². The minimum absolute atomic E-state index is 0.602. The van der Waals surface area contributed by atoms with Gasteiger partial charge in [-0.1, -0.05) is 12.2 Å². The van der Waals surface area contributed by atoms with Gasteiger partial charge >= 0.3 is 0 Å². The Hall–Kier alpha value is -1.49. The van der Waals surface area contributed by atoms with E-state index in [9.17, 15) is 0 Å². The second-order valence-electron chi connectivity index (χ2n) is 3.30. The monoisotopic (exact) mass is 220 g/mol. The summed E-state index contributed by atoms with van der Waals surface area (Å²) in [6.07, 6.45) is 3.81. The van der Waals surface area contributed by atoms with Crippen LogP contribution in [-0.4, -0.2) is 19.7 Å². The van der Waals surface area contributed by atoms with Crippen molar-refractivity contribution < 1.29 is 0 Å². The van der Waals surface area contributed by atoms with Gasteiger partial charge in [0, 0.05) is 18.3 Å². The fourth-order valence-corrected chi connectivity index (χ4v) is 1.67. The molecule has 15 heavy (non-hydrogen) atoms. The first-order chi connectivity index (χ1) is 7.19. The summed E-state index contributed by atoms with van der Waals surface area (Å²) < 4.78 is 2.48. The van der Waals surface area contributed by atoms with E-state index in [1.54, 1.807) is 0 Å². The van der Waals surface area contributed by atoms with Crippen LogP contribution in [0.2, 0.25) is 0 Å². The third-order valence-corrected chi connectivity index (χ3v) is 2.34. The third-order valence-electron chi connectivity index (χ3n) is 2.13. The molecule has 0 aromatic carbocycles. The lowest BCUT2D eigenvalue weighted by Crippen LogP contribution is -1.92. The Labute approximate surface area is 93.0 Å². The van der Waals surface area contributed by atoms with E-state index in [0.717, 1.165) is 23.6 Å². The number of aromatic nitrogens is 4. The predicted molar refractivity (Wildman–Crippen MR) is 61.1 cm³/mol. The number of aryl methyl sites for hydroxylation is 2. The minimum Gasteiger partial charge on any atom is -0.343 e. The molecule has 2 aromatic rings. The van der Waals surface area contributed by atoms with Crippen LogP contribution in [0.25, 0.3) is 11.3 Å². The molecular weight excluding hydrogens is 208 g/mol. The SMILES string of the molecule is CCn1cc(-c2cc(=S)nc(C)[nH]2)cn1. The van der Waals surface area contributed by atoms with E-state index >= 15 is 0 Å². The first-order valence-corrected chi connectivity index (χ1v) is 5.20. The number of H-pyrrole nitrogens is 1. The summed E-state index contributed by atoms with van der Waals surface area (Å²) in [6.45, 7) is 4.81. The summed E-state index contributed by atoms with van der Waals surface area (Å²) in [5.74, 6) is 0.821. The number of nitrogens with zero attached hydrogens (tertiary/aromatic N) is 3. The van der Waals surface area contributed by atoms with Gasteiger partial charge in [-0.15, -0.1) is 0 Å². The Morgan fingerprint density at radius 2 is 2.33 bits per heavy atom. The average Bonchev–Trinajstić information content (AvgIpc) is 2.64. The number of hydrogen-bond donors (Lipinski definition) is 1. The summed E-state index contributed by atoms with van der Waals surface area (Å²) in [5, 5.41) is 4.21. The van der Waals surface area contributed by atoms with Crippen LogP contribution >= 0.6 is 12.2 Å². The van der Waals surface area contributed by atoms with Crippen molar-refractivity contribution in [1.29, 1.82) is 0 Å². The average molecular weight is 220 g/mol. The fourth-order valence-electron chi connectivity index (χ4n) is 1.41. The van der Waals surface area contributed by atoms with E-state index in [2.05, 4.69) is 22.0 Å². The quantitative estimate of drug-likeness (QED) is 0.790. The molecule has 0 aliphatic carbocycles. The van der Waals surface area contributed by atoms with E-state index in [1.807, 2.05) is 30.1 Å². The van der Waals surface area contributed by atoms with E-state index in [4.69, 9.17) is 12.2 Å². The van der Waals surface area contributed by atoms with Gasteiger partial charge in [0.1, 0.15) is 10.5 Å². The lowest BCUT2D eigenvalue weighted by atomic mass is 10.2. The Morgan fingerprint density at radius 3 is 2.93 bits per heavy atom. The first-order valence-electron chi connectivity index (χ1n) is 4.80. The first kappa shape index (κ1) is 10.0. The zero-order chi connectivity index (χ0) is 10.8. The lowest BCUT2D eigenvalue weighted by Gasteiger charge is -1.99. The molecule has 0 radical (unpaired) electrons. The summed E-state index contributed by atoms with van der Waals surface area (Å²) in [7, 11) is 0. The van der Waals surface area contributed by atoms with Gasteiger partial charge in [0.25, 0.3) is 0 Å². The van der Waals surface area contributed by atoms with Gasteiger partial charge in [-0.3, -0.25) is 4.68 Å². The van der Waals surface area contributed by atoms with Gasteiger partial charge in [0.15, 0.2) is 0 Å². The number of hydrogen-bond acceptors (Lipinski definition) is 3. The Balaban J connectivity index is 2.48. The molecule has 0 aliphatic rings. The van der Waals surface area contributed by atoms with Crippen molar-refractivity contribution in [2.24, 2.45) is 0 Å². The maximum Gasteiger partial charge on any atom is 0.130 e. The molecule has 0 saturated heterocycles. The Kier molecular flexibility index (Phi) is 2.64. The van der Waals surface area contributed by atoms with Crippen LogP contribution < -0.4 is 0 Å². The van der Waals surface area contributed by atoms with Crippen LogP contribution in [0.1, 0.15) is 12.7 Å². The molecule has 2 aromatic heterocycles. The van der Waals surface area contributed by atoms with Crippen molar-refractivity contribution in [3.05, 3.63) is 28.9 Å². The largest absolute Gasteiger partial charge is 0.343 e. The highest BCUT2D eigenvalue weighted by atomic mass is 32.1. The van der Waals surface area contributed by atoms with Crippen LogP contribution in [0.4, 0.5) is 0 Å². The van der Waals surface area contributed by atoms with Crippen molar-refractivity contribution >= 4 is 12.2 Å². The van der Waals surface area contributed by atoms with E-state index in [0.29, 0.717) is 4.64 Å². The second kappa shape index (κ2) is 3.94. The van der Waals surface area contributed by atoms with Crippen molar-refractivity contribution in [3.63, 3.8) is 0 Å². The molecule has 4 nitrogen and oxygen atoms in total. The van der Waals surface area contributed by atoms with Crippen LogP contribution in [0.5, 0.6) is 0 Å². The molecule has 2 heterocycles.